The van der Waals surface area contributed by atoms with E-state index in [-0.39, 0.29) is 17.8 Å². The number of carbonyl (C=O) groups excluding carboxylic acids is 1. The molecule has 0 aliphatic heterocycles. The van der Waals surface area contributed by atoms with Crippen molar-refractivity contribution in [1.82, 2.24) is 5.32 Å². The summed E-state index contributed by atoms with van der Waals surface area (Å²) in [5.41, 5.74) is -0.449. The van der Waals surface area contributed by atoms with Gasteiger partial charge in [0.15, 0.2) is 0 Å². The van der Waals surface area contributed by atoms with Crippen LogP contribution in [0.25, 0.3) is 0 Å². The number of methoxy groups -OCH3 is 1. The Bertz CT molecular complexity index is 514. The molecule has 2 N–H and O–H groups in total. The number of nitro groups is 1. The molecule has 0 bridgehead atoms. The molecule has 0 heterocycles. The van der Waals surface area contributed by atoms with Crippen LogP contribution in [0.15, 0.2) is 18.2 Å². The van der Waals surface area contributed by atoms with Crippen molar-refractivity contribution in [2.45, 2.75) is 19.4 Å². The van der Waals surface area contributed by atoms with Crippen LogP contribution in [0.5, 0.6) is 0 Å². The van der Waals surface area contributed by atoms with Crippen molar-refractivity contribution in [3.63, 3.8) is 0 Å². The van der Waals surface area contributed by atoms with Gasteiger partial charge in [0.1, 0.15) is 11.3 Å². The highest BCUT2D eigenvalue weighted by Crippen LogP contribution is 2.28. The Balaban J connectivity index is 3.02. The van der Waals surface area contributed by atoms with E-state index in [4.69, 9.17) is 4.74 Å². The number of amides is 1. The Morgan fingerprint density at radius 3 is 2.60 bits per heavy atom. The van der Waals surface area contributed by atoms with E-state index in [9.17, 15) is 14.9 Å². The van der Waals surface area contributed by atoms with E-state index in [1.807, 2.05) is 13.8 Å². The molecule has 1 aromatic carbocycles. The second-order valence-corrected chi connectivity index (χ2v) is 4.86. The Hall–Kier alpha value is -2.15. The number of benzene rings is 1. The predicted octanol–water partition coefficient (Wildman–Crippen LogP) is 1.79. The summed E-state index contributed by atoms with van der Waals surface area (Å²) >= 11 is 0. The highest BCUT2D eigenvalue weighted by Gasteiger charge is 2.25. The Morgan fingerprint density at radius 1 is 1.45 bits per heavy atom. The molecule has 0 radical (unpaired) electrons. The molecule has 110 valence electrons. The molecule has 1 amide bonds. The fourth-order valence-electron chi connectivity index (χ4n) is 1.59. The van der Waals surface area contributed by atoms with Crippen LogP contribution in [0.4, 0.5) is 11.4 Å². The van der Waals surface area contributed by atoms with E-state index in [0.717, 1.165) is 0 Å². The minimum absolute atomic E-state index is 0.0220. The summed E-state index contributed by atoms with van der Waals surface area (Å²) in [5, 5.41) is 16.5. The first-order valence-corrected chi connectivity index (χ1v) is 6.11. The van der Waals surface area contributed by atoms with Crippen LogP contribution < -0.4 is 10.6 Å². The summed E-state index contributed by atoms with van der Waals surface area (Å²) in [6.07, 6.45) is 0. The number of hydrogen-bond donors (Lipinski definition) is 2. The molecule has 7 heteroatoms. The number of nitro benzene ring substituents is 1. The average Bonchev–Trinajstić information content (AvgIpc) is 2.43. The summed E-state index contributed by atoms with van der Waals surface area (Å²) in [6, 6.07) is 4.57. The number of hydrogen-bond acceptors (Lipinski definition) is 5. The second kappa shape index (κ2) is 6.33. The highest BCUT2D eigenvalue weighted by atomic mass is 16.6. The van der Waals surface area contributed by atoms with Gasteiger partial charge in [-0.25, -0.2) is 0 Å². The Morgan fingerprint density at radius 2 is 2.10 bits per heavy atom. The summed E-state index contributed by atoms with van der Waals surface area (Å²) < 4.78 is 5.19. The number of carbonyl (C=O) groups is 1. The van der Waals surface area contributed by atoms with Gasteiger partial charge >= 0.3 is 5.69 Å². The molecular weight excluding hydrogens is 262 g/mol. The number of nitrogens with one attached hydrogen (secondary N) is 2. The van der Waals surface area contributed by atoms with Crippen LogP contribution in [0.2, 0.25) is 0 Å². The van der Waals surface area contributed by atoms with Crippen molar-refractivity contribution >= 4 is 17.3 Å². The molecule has 0 unspecified atom stereocenters. The maximum Gasteiger partial charge on any atom is 0.305 e. The first-order chi connectivity index (χ1) is 9.32. The Kier molecular flexibility index (Phi) is 5.04. The standard InChI is InChI=1S/C13H19N3O4/c1-13(2,20-4)8-15-12(17)9-6-5-7-10(14-3)11(9)16(18)19/h5-7,14H,8H2,1-4H3,(H,15,17). The number of ether oxygens (including phenoxy) is 1. The minimum atomic E-state index is -0.567. The summed E-state index contributed by atoms with van der Waals surface area (Å²) in [5.74, 6) is -0.501. The third kappa shape index (κ3) is 3.67. The lowest BCUT2D eigenvalue weighted by Gasteiger charge is -2.23. The highest BCUT2D eigenvalue weighted by molar-refractivity contribution is 6.00. The zero-order chi connectivity index (χ0) is 15.3. The third-order valence-electron chi connectivity index (χ3n) is 2.96. The van der Waals surface area contributed by atoms with E-state index in [1.54, 1.807) is 19.2 Å². The van der Waals surface area contributed by atoms with Crippen LogP contribution in [0, 0.1) is 10.1 Å². The van der Waals surface area contributed by atoms with Crippen LogP contribution in [0.1, 0.15) is 24.2 Å². The lowest BCUT2D eigenvalue weighted by atomic mass is 10.1. The molecule has 0 fully saturated rings. The van der Waals surface area contributed by atoms with Gasteiger partial charge < -0.3 is 15.4 Å². The SMILES string of the molecule is CNc1cccc(C(=O)NCC(C)(C)OC)c1[N+](=O)[O-]. The molecule has 1 rings (SSSR count). The molecule has 7 nitrogen and oxygen atoms in total. The van der Waals surface area contributed by atoms with E-state index in [2.05, 4.69) is 10.6 Å². The van der Waals surface area contributed by atoms with Crippen molar-refractivity contribution in [3.8, 4) is 0 Å². The van der Waals surface area contributed by atoms with Gasteiger partial charge in [-0.05, 0) is 26.0 Å². The first kappa shape index (κ1) is 15.9. The fourth-order valence-corrected chi connectivity index (χ4v) is 1.59. The monoisotopic (exact) mass is 281 g/mol. The normalized spacial score (nSPS) is 11.0. The minimum Gasteiger partial charge on any atom is -0.383 e. The molecule has 0 aliphatic carbocycles. The van der Waals surface area contributed by atoms with Crippen LogP contribution in [-0.2, 0) is 4.74 Å². The quantitative estimate of drug-likeness (QED) is 0.612. The lowest BCUT2D eigenvalue weighted by molar-refractivity contribution is -0.384. The van der Waals surface area contributed by atoms with Gasteiger partial charge in [0, 0.05) is 20.7 Å². The summed E-state index contributed by atoms with van der Waals surface area (Å²) in [6.45, 7) is 3.88. The van der Waals surface area contributed by atoms with E-state index >= 15 is 0 Å². The van der Waals surface area contributed by atoms with E-state index in [1.165, 1.54) is 13.2 Å². The number of para-hydroxylation sites is 1. The average molecular weight is 281 g/mol. The summed E-state index contributed by atoms with van der Waals surface area (Å²) in [4.78, 5) is 22.7. The van der Waals surface area contributed by atoms with Gasteiger partial charge in [0.2, 0.25) is 0 Å². The molecule has 0 saturated heterocycles. The topological polar surface area (TPSA) is 93.5 Å². The summed E-state index contributed by atoms with van der Waals surface area (Å²) in [7, 11) is 3.11. The van der Waals surface area contributed by atoms with Crippen molar-refractivity contribution in [2.24, 2.45) is 0 Å². The zero-order valence-electron chi connectivity index (χ0n) is 12.0. The molecule has 0 aromatic heterocycles. The van der Waals surface area contributed by atoms with Crippen molar-refractivity contribution in [3.05, 3.63) is 33.9 Å². The van der Waals surface area contributed by atoms with Crippen LogP contribution >= 0.6 is 0 Å². The molecule has 0 aliphatic rings. The number of anilines is 1. The van der Waals surface area contributed by atoms with Gasteiger partial charge in [-0.1, -0.05) is 6.07 Å². The van der Waals surface area contributed by atoms with Crippen molar-refractivity contribution < 1.29 is 14.5 Å². The van der Waals surface area contributed by atoms with E-state index in [0.29, 0.717) is 5.69 Å². The van der Waals surface area contributed by atoms with E-state index < -0.39 is 16.4 Å². The largest absolute Gasteiger partial charge is 0.383 e. The molecular formula is C13H19N3O4. The molecule has 1 aromatic rings. The van der Waals surface area contributed by atoms with Gasteiger partial charge in [-0.3, -0.25) is 14.9 Å². The maximum atomic E-state index is 12.1. The Labute approximate surface area is 117 Å². The predicted molar refractivity (Wildman–Crippen MR) is 76.1 cm³/mol. The molecule has 0 spiro atoms. The molecule has 20 heavy (non-hydrogen) atoms. The van der Waals surface area contributed by atoms with Crippen LogP contribution in [-0.4, -0.2) is 37.1 Å². The van der Waals surface area contributed by atoms with Crippen molar-refractivity contribution in [1.29, 1.82) is 0 Å². The number of nitrogens with zero attached hydrogens (tertiary/aromatic N) is 1. The fraction of sp³-hybridized carbons (Fsp3) is 0.462. The first-order valence-electron chi connectivity index (χ1n) is 6.11. The second-order valence-electron chi connectivity index (χ2n) is 4.86. The van der Waals surface area contributed by atoms with Crippen LogP contribution in [0.3, 0.4) is 0 Å². The van der Waals surface area contributed by atoms with Gasteiger partial charge in [-0.15, -0.1) is 0 Å². The van der Waals surface area contributed by atoms with Crippen molar-refractivity contribution in [2.75, 3.05) is 26.0 Å². The number of rotatable bonds is 6. The zero-order valence-corrected chi connectivity index (χ0v) is 12.0. The van der Waals surface area contributed by atoms with Gasteiger partial charge in [0.05, 0.1) is 10.5 Å². The smallest absolute Gasteiger partial charge is 0.305 e. The third-order valence-corrected chi connectivity index (χ3v) is 2.96. The molecule has 0 atom stereocenters. The van der Waals surface area contributed by atoms with Gasteiger partial charge in [-0.2, -0.15) is 0 Å². The lowest BCUT2D eigenvalue weighted by Crippen LogP contribution is -2.39. The molecule has 0 saturated carbocycles. The van der Waals surface area contributed by atoms with Gasteiger partial charge in [0.25, 0.3) is 5.91 Å². The maximum absolute atomic E-state index is 12.1.